The van der Waals surface area contributed by atoms with Crippen LogP contribution in [-0.2, 0) is 9.57 Å². The van der Waals surface area contributed by atoms with Gasteiger partial charge in [-0.3, -0.25) is 0 Å². The first-order valence-electron chi connectivity index (χ1n) is 5.11. The van der Waals surface area contributed by atoms with Crippen LogP contribution in [0.15, 0.2) is 29.4 Å². The van der Waals surface area contributed by atoms with Crippen LogP contribution in [0.4, 0.5) is 0 Å². The Morgan fingerprint density at radius 3 is 2.62 bits per heavy atom. The van der Waals surface area contributed by atoms with Crippen molar-refractivity contribution >= 4 is 11.7 Å². The maximum Gasteiger partial charge on any atom is 0.338 e. The van der Waals surface area contributed by atoms with E-state index in [4.69, 9.17) is 9.57 Å². The molecule has 1 unspecified atom stereocenters. The molecular formula is C12H13NO3. The maximum absolute atomic E-state index is 11.7. The number of rotatable bonds is 2. The number of carbonyl (C=O) groups excluding carboxylic acids is 1. The van der Waals surface area contributed by atoms with E-state index in [1.54, 1.807) is 19.1 Å². The van der Waals surface area contributed by atoms with Crippen molar-refractivity contribution in [2.24, 2.45) is 5.16 Å². The van der Waals surface area contributed by atoms with E-state index in [0.29, 0.717) is 17.9 Å². The van der Waals surface area contributed by atoms with E-state index in [1.165, 1.54) is 0 Å². The molecule has 1 aliphatic rings. The van der Waals surface area contributed by atoms with E-state index in [1.807, 2.05) is 19.1 Å². The fourth-order valence-corrected chi connectivity index (χ4v) is 1.39. The summed E-state index contributed by atoms with van der Waals surface area (Å²) in [5, 5.41) is 3.72. The van der Waals surface area contributed by atoms with Crippen LogP contribution in [0, 0.1) is 6.92 Å². The largest absolute Gasteiger partial charge is 0.449 e. The number of ether oxygens (including phenoxy) is 1. The van der Waals surface area contributed by atoms with Gasteiger partial charge in [-0.25, -0.2) is 4.79 Å². The maximum atomic E-state index is 11.7. The molecule has 1 aromatic rings. The Kier molecular flexibility index (Phi) is 2.90. The molecule has 2 rings (SSSR count). The quantitative estimate of drug-likeness (QED) is 0.714. The number of benzene rings is 1. The number of hydrogen-bond acceptors (Lipinski definition) is 4. The molecule has 1 aromatic carbocycles. The summed E-state index contributed by atoms with van der Waals surface area (Å²) in [6.45, 7) is 4.06. The van der Waals surface area contributed by atoms with E-state index in [2.05, 4.69) is 5.16 Å². The van der Waals surface area contributed by atoms with Crippen LogP contribution >= 0.6 is 0 Å². The number of nitrogens with zero attached hydrogens (tertiary/aromatic N) is 1. The second-order valence-corrected chi connectivity index (χ2v) is 3.79. The molecule has 84 valence electrons. The van der Waals surface area contributed by atoms with Gasteiger partial charge in [0.25, 0.3) is 0 Å². The van der Waals surface area contributed by atoms with Crippen LogP contribution in [0.1, 0.15) is 22.8 Å². The average molecular weight is 219 g/mol. The summed E-state index contributed by atoms with van der Waals surface area (Å²) < 4.78 is 5.25. The first kappa shape index (κ1) is 10.7. The topological polar surface area (TPSA) is 47.9 Å². The van der Waals surface area contributed by atoms with Crippen molar-refractivity contribution in [2.75, 3.05) is 6.61 Å². The monoisotopic (exact) mass is 219 g/mol. The minimum absolute atomic E-state index is 0.309. The Morgan fingerprint density at radius 1 is 1.38 bits per heavy atom. The molecule has 0 bridgehead atoms. The highest BCUT2D eigenvalue weighted by Gasteiger charge is 2.24. The molecule has 0 amide bonds. The van der Waals surface area contributed by atoms with Gasteiger partial charge in [-0.2, -0.15) is 0 Å². The summed E-state index contributed by atoms with van der Waals surface area (Å²) in [4.78, 5) is 16.6. The van der Waals surface area contributed by atoms with E-state index >= 15 is 0 Å². The van der Waals surface area contributed by atoms with Gasteiger partial charge in [0.2, 0.25) is 0 Å². The van der Waals surface area contributed by atoms with Crippen molar-refractivity contribution in [2.45, 2.75) is 20.0 Å². The standard InChI is InChI=1S/C12H13NO3/c1-8-3-5-10(6-4-8)12(14)16-11-7-15-13-9(11)2/h3-6,11H,7H2,1-2H3. The highest BCUT2D eigenvalue weighted by Crippen LogP contribution is 2.10. The summed E-state index contributed by atoms with van der Waals surface area (Å²) in [6.07, 6.45) is -0.353. The van der Waals surface area contributed by atoms with E-state index in [9.17, 15) is 4.79 Å². The molecule has 0 fully saturated rings. The molecule has 0 spiro atoms. The van der Waals surface area contributed by atoms with Gasteiger partial charge in [-0.15, -0.1) is 0 Å². The van der Waals surface area contributed by atoms with Crippen LogP contribution in [0.25, 0.3) is 0 Å². The van der Waals surface area contributed by atoms with Gasteiger partial charge in [-0.05, 0) is 26.0 Å². The lowest BCUT2D eigenvalue weighted by Gasteiger charge is -2.10. The normalized spacial score (nSPS) is 18.9. The summed E-state index contributed by atoms with van der Waals surface area (Å²) >= 11 is 0. The number of hydrogen-bond donors (Lipinski definition) is 0. The Bertz CT molecular complexity index is 422. The van der Waals surface area contributed by atoms with Crippen LogP contribution in [0.3, 0.4) is 0 Å². The lowest BCUT2D eigenvalue weighted by atomic mass is 10.1. The fourth-order valence-electron chi connectivity index (χ4n) is 1.39. The minimum atomic E-state index is -0.353. The van der Waals surface area contributed by atoms with Gasteiger partial charge in [0.1, 0.15) is 0 Å². The molecule has 0 radical (unpaired) electrons. The van der Waals surface area contributed by atoms with Crippen molar-refractivity contribution in [1.29, 1.82) is 0 Å². The van der Waals surface area contributed by atoms with E-state index < -0.39 is 0 Å². The molecule has 0 saturated carbocycles. The van der Waals surface area contributed by atoms with Crippen LogP contribution in [-0.4, -0.2) is 24.4 Å². The van der Waals surface area contributed by atoms with Crippen molar-refractivity contribution in [1.82, 2.24) is 0 Å². The highest BCUT2D eigenvalue weighted by atomic mass is 16.7. The third-order valence-corrected chi connectivity index (χ3v) is 2.44. The zero-order valence-electron chi connectivity index (χ0n) is 9.27. The Morgan fingerprint density at radius 2 is 2.06 bits per heavy atom. The predicted molar refractivity (Wildman–Crippen MR) is 59.4 cm³/mol. The van der Waals surface area contributed by atoms with Gasteiger partial charge in [0, 0.05) is 0 Å². The summed E-state index contributed by atoms with van der Waals surface area (Å²) in [6, 6.07) is 7.26. The minimum Gasteiger partial charge on any atom is -0.449 e. The SMILES string of the molecule is CC1=NOCC1OC(=O)c1ccc(C)cc1. The zero-order chi connectivity index (χ0) is 11.5. The zero-order valence-corrected chi connectivity index (χ0v) is 9.27. The van der Waals surface area contributed by atoms with Gasteiger partial charge in [0.15, 0.2) is 12.7 Å². The predicted octanol–water partition coefficient (Wildman–Crippen LogP) is 1.93. The number of oxime groups is 1. The molecule has 0 aromatic heterocycles. The fraction of sp³-hybridized carbons (Fsp3) is 0.333. The first-order valence-corrected chi connectivity index (χ1v) is 5.11. The van der Waals surface area contributed by atoms with Gasteiger partial charge >= 0.3 is 5.97 Å². The molecule has 0 aliphatic carbocycles. The summed E-state index contributed by atoms with van der Waals surface area (Å²) in [5.41, 5.74) is 2.35. The first-order chi connectivity index (χ1) is 7.66. The molecule has 1 atom stereocenters. The molecular weight excluding hydrogens is 206 g/mol. The molecule has 4 nitrogen and oxygen atoms in total. The van der Waals surface area contributed by atoms with Crippen LogP contribution < -0.4 is 0 Å². The number of esters is 1. The smallest absolute Gasteiger partial charge is 0.338 e. The lowest BCUT2D eigenvalue weighted by molar-refractivity contribution is 0.0292. The van der Waals surface area contributed by atoms with Gasteiger partial charge in [0.05, 0.1) is 11.3 Å². The Labute approximate surface area is 93.9 Å². The molecule has 0 N–H and O–H groups in total. The second kappa shape index (κ2) is 4.35. The molecule has 16 heavy (non-hydrogen) atoms. The van der Waals surface area contributed by atoms with Crippen LogP contribution in [0.5, 0.6) is 0 Å². The lowest BCUT2D eigenvalue weighted by Crippen LogP contribution is -2.25. The van der Waals surface area contributed by atoms with Crippen LogP contribution in [0.2, 0.25) is 0 Å². The summed E-state index contributed by atoms with van der Waals surface area (Å²) in [5.74, 6) is -0.343. The van der Waals surface area contributed by atoms with Gasteiger partial charge < -0.3 is 9.57 Å². The number of aryl methyl sites for hydroxylation is 1. The van der Waals surface area contributed by atoms with Crippen molar-refractivity contribution in [3.8, 4) is 0 Å². The van der Waals surface area contributed by atoms with E-state index in [-0.39, 0.29) is 12.1 Å². The summed E-state index contributed by atoms with van der Waals surface area (Å²) in [7, 11) is 0. The van der Waals surface area contributed by atoms with Crippen molar-refractivity contribution in [3.05, 3.63) is 35.4 Å². The second-order valence-electron chi connectivity index (χ2n) is 3.79. The molecule has 0 saturated heterocycles. The van der Waals surface area contributed by atoms with Crippen molar-refractivity contribution in [3.63, 3.8) is 0 Å². The molecule has 1 heterocycles. The number of carbonyl (C=O) groups is 1. The third kappa shape index (κ3) is 2.21. The molecule has 1 aliphatic heterocycles. The highest BCUT2D eigenvalue weighted by molar-refractivity contribution is 5.94. The molecule has 4 heteroatoms. The average Bonchev–Trinajstić information content (AvgIpc) is 2.65. The van der Waals surface area contributed by atoms with Gasteiger partial charge in [-0.1, -0.05) is 22.9 Å². The third-order valence-electron chi connectivity index (χ3n) is 2.44. The van der Waals surface area contributed by atoms with Crippen molar-refractivity contribution < 1.29 is 14.4 Å². The Hall–Kier alpha value is -1.84. The van der Waals surface area contributed by atoms with E-state index in [0.717, 1.165) is 5.56 Å². The Balaban J connectivity index is 2.03.